The second-order valence-electron chi connectivity index (χ2n) is 9.77. The molecule has 0 aromatic heterocycles. The Kier molecular flexibility index (Phi) is 3.77. The fourth-order valence-corrected chi connectivity index (χ4v) is 7.23. The lowest BCUT2D eigenvalue weighted by Crippen LogP contribution is -2.56. The summed E-state index contributed by atoms with van der Waals surface area (Å²) in [5, 5.41) is 31.6. The van der Waals surface area contributed by atoms with Crippen LogP contribution < -0.4 is 0 Å². The Labute approximate surface area is 146 Å². The van der Waals surface area contributed by atoms with Crippen molar-refractivity contribution in [3.05, 3.63) is 11.6 Å². The van der Waals surface area contributed by atoms with Crippen LogP contribution in [0.2, 0.25) is 0 Å². The smallest absolute Gasteiger partial charge is 0.0961 e. The molecule has 4 aliphatic carbocycles. The van der Waals surface area contributed by atoms with Crippen molar-refractivity contribution in [2.45, 2.75) is 89.9 Å². The summed E-state index contributed by atoms with van der Waals surface area (Å²) in [6.45, 7) is 6.43. The minimum Gasteiger partial charge on any atom is -0.393 e. The molecule has 0 aromatic rings. The SMILES string of the molecule is CC(O)[C@@]1(O)CC[C@H]2C3=CC[C@@H]4C[C@H](O)CC[C@]4(C)[C@H]3CC[C@@]21C. The molecule has 0 amide bonds. The molecule has 24 heavy (non-hydrogen) atoms. The molecule has 0 bridgehead atoms. The Morgan fingerprint density at radius 3 is 2.50 bits per heavy atom. The molecule has 3 fully saturated rings. The Hall–Kier alpha value is -0.380. The Morgan fingerprint density at radius 2 is 1.79 bits per heavy atom. The number of fused-ring (bicyclic) bond motifs is 5. The van der Waals surface area contributed by atoms with Gasteiger partial charge in [0, 0.05) is 5.41 Å². The van der Waals surface area contributed by atoms with Crippen molar-refractivity contribution in [1.82, 2.24) is 0 Å². The fraction of sp³-hybridized carbons (Fsp3) is 0.905. The van der Waals surface area contributed by atoms with E-state index in [0.29, 0.717) is 23.2 Å². The lowest BCUT2D eigenvalue weighted by atomic mass is 9.47. The van der Waals surface area contributed by atoms with Crippen LogP contribution in [0.1, 0.15) is 72.1 Å². The predicted octanol–water partition coefficient (Wildman–Crippen LogP) is 3.42. The van der Waals surface area contributed by atoms with Crippen LogP contribution >= 0.6 is 0 Å². The number of aliphatic hydroxyl groups is 3. The Morgan fingerprint density at radius 1 is 1.08 bits per heavy atom. The molecule has 136 valence electrons. The molecule has 0 saturated heterocycles. The van der Waals surface area contributed by atoms with Crippen LogP contribution in [0.15, 0.2) is 11.6 Å². The summed E-state index contributed by atoms with van der Waals surface area (Å²) in [6, 6.07) is 0. The first-order valence-corrected chi connectivity index (χ1v) is 10.0. The van der Waals surface area contributed by atoms with Gasteiger partial charge in [-0.2, -0.15) is 0 Å². The third-order valence-electron chi connectivity index (χ3n) is 8.96. The molecule has 0 aliphatic heterocycles. The Bertz CT molecular complexity index is 555. The summed E-state index contributed by atoms with van der Waals surface area (Å²) in [4.78, 5) is 0. The van der Waals surface area contributed by atoms with Crippen molar-refractivity contribution in [2.75, 3.05) is 0 Å². The first-order valence-electron chi connectivity index (χ1n) is 10.0. The molecule has 4 rings (SSSR count). The van der Waals surface area contributed by atoms with Crippen LogP contribution in [0, 0.1) is 28.6 Å². The van der Waals surface area contributed by atoms with Gasteiger partial charge >= 0.3 is 0 Å². The summed E-state index contributed by atoms with van der Waals surface area (Å²) >= 11 is 0. The highest BCUT2D eigenvalue weighted by atomic mass is 16.3. The summed E-state index contributed by atoms with van der Waals surface area (Å²) < 4.78 is 0. The molecule has 3 saturated carbocycles. The van der Waals surface area contributed by atoms with Gasteiger partial charge in [-0.25, -0.2) is 0 Å². The maximum atomic E-state index is 11.2. The first-order chi connectivity index (χ1) is 11.2. The Balaban J connectivity index is 1.69. The van der Waals surface area contributed by atoms with Crippen LogP contribution in [-0.2, 0) is 0 Å². The maximum Gasteiger partial charge on any atom is 0.0961 e. The van der Waals surface area contributed by atoms with E-state index in [9.17, 15) is 15.3 Å². The van der Waals surface area contributed by atoms with Crippen molar-refractivity contribution in [3.8, 4) is 0 Å². The van der Waals surface area contributed by atoms with Crippen LogP contribution in [0.5, 0.6) is 0 Å². The van der Waals surface area contributed by atoms with Crippen LogP contribution in [0.3, 0.4) is 0 Å². The van der Waals surface area contributed by atoms with Gasteiger partial charge in [0.2, 0.25) is 0 Å². The van der Waals surface area contributed by atoms with Crippen molar-refractivity contribution in [2.24, 2.45) is 28.6 Å². The van der Waals surface area contributed by atoms with E-state index >= 15 is 0 Å². The quantitative estimate of drug-likeness (QED) is 0.644. The predicted molar refractivity (Wildman–Crippen MR) is 94.3 cm³/mol. The molecule has 0 heterocycles. The average Bonchev–Trinajstić information content (AvgIpc) is 2.81. The van der Waals surface area contributed by atoms with Crippen molar-refractivity contribution < 1.29 is 15.3 Å². The lowest BCUT2D eigenvalue weighted by molar-refractivity contribution is -0.152. The summed E-state index contributed by atoms with van der Waals surface area (Å²) in [6.07, 6.45) is 9.64. The zero-order chi connectivity index (χ0) is 17.3. The molecule has 1 unspecified atom stereocenters. The van der Waals surface area contributed by atoms with Gasteiger partial charge in [0.1, 0.15) is 0 Å². The van der Waals surface area contributed by atoms with Gasteiger partial charge in [0.15, 0.2) is 0 Å². The van der Waals surface area contributed by atoms with Crippen LogP contribution in [0.4, 0.5) is 0 Å². The maximum absolute atomic E-state index is 11.2. The summed E-state index contributed by atoms with van der Waals surface area (Å²) in [5.74, 6) is 1.63. The highest BCUT2D eigenvalue weighted by Crippen LogP contribution is 2.67. The highest BCUT2D eigenvalue weighted by Gasteiger charge is 2.64. The van der Waals surface area contributed by atoms with E-state index in [-0.39, 0.29) is 11.5 Å². The van der Waals surface area contributed by atoms with Gasteiger partial charge in [-0.1, -0.05) is 25.5 Å². The van der Waals surface area contributed by atoms with Gasteiger partial charge < -0.3 is 15.3 Å². The monoisotopic (exact) mass is 334 g/mol. The number of hydrogen-bond donors (Lipinski definition) is 3. The van der Waals surface area contributed by atoms with Crippen LogP contribution in [0.25, 0.3) is 0 Å². The van der Waals surface area contributed by atoms with Crippen molar-refractivity contribution >= 4 is 0 Å². The largest absolute Gasteiger partial charge is 0.393 e. The molecule has 4 aliphatic rings. The van der Waals surface area contributed by atoms with Gasteiger partial charge in [-0.05, 0) is 81.5 Å². The number of allylic oxidation sites excluding steroid dienone is 2. The molecule has 0 aromatic carbocycles. The van der Waals surface area contributed by atoms with Crippen molar-refractivity contribution in [3.63, 3.8) is 0 Å². The van der Waals surface area contributed by atoms with Crippen LogP contribution in [-0.4, -0.2) is 33.1 Å². The third kappa shape index (κ3) is 2.01. The molecule has 8 atom stereocenters. The molecule has 3 nitrogen and oxygen atoms in total. The fourth-order valence-electron chi connectivity index (χ4n) is 7.23. The standard InChI is InChI=1S/C21H34O3/c1-13(22)21(24)11-8-18-16-5-4-14-12-15(23)6-9-19(14,2)17(16)7-10-20(18,21)3/h5,13-15,17-18,22-24H,4,6-12H2,1-3H3/t13?,14-,15-,17+,18+,19+,20+,21+/m1/s1. The van der Waals surface area contributed by atoms with Crippen molar-refractivity contribution in [1.29, 1.82) is 0 Å². The normalized spacial score (nSPS) is 55.2. The third-order valence-corrected chi connectivity index (χ3v) is 8.96. The summed E-state index contributed by atoms with van der Waals surface area (Å²) in [7, 11) is 0. The molecule has 3 N–H and O–H groups in total. The van der Waals surface area contributed by atoms with E-state index in [2.05, 4.69) is 19.9 Å². The van der Waals surface area contributed by atoms with E-state index in [0.717, 1.165) is 51.4 Å². The molecular weight excluding hydrogens is 300 g/mol. The van der Waals surface area contributed by atoms with E-state index in [4.69, 9.17) is 0 Å². The van der Waals surface area contributed by atoms with Gasteiger partial charge in [-0.15, -0.1) is 0 Å². The zero-order valence-electron chi connectivity index (χ0n) is 15.5. The van der Waals surface area contributed by atoms with Gasteiger partial charge in [0.05, 0.1) is 17.8 Å². The molecule has 0 radical (unpaired) electrons. The second kappa shape index (κ2) is 5.31. The topological polar surface area (TPSA) is 60.7 Å². The second-order valence-corrected chi connectivity index (χ2v) is 9.77. The molecule has 0 spiro atoms. The van der Waals surface area contributed by atoms with Gasteiger partial charge in [0.25, 0.3) is 0 Å². The molecular formula is C21H34O3. The van der Waals surface area contributed by atoms with E-state index in [1.807, 2.05) is 0 Å². The average molecular weight is 335 g/mol. The lowest BCUT2D eigenvalue weighted by Gasteiger charge is -2.58. The first kappa shape index (κ1) is 17.1. The summed E-state index contributed by atoms with van der Waals surface area (Å²) in [5.41, 5.74) is 0.761. The van der Waals surface area contributed by atoms with Gasteiger partial charge in [-0.3, -0.25) is 0 Å². The van der Waals surface area contributed by atoms with E-state index in [1.165, 1.54) is 0 Å². The number of hydrogen-bond acceptors (Lipinski definition) is 3. The van der Waals surface area contributed by atoms with E-state index < -0.39 is 11.7 Å². The zero-order valence-corrected chi connectivity index (χ0v) is 15.5. The number of aliphatic hydroxyl groups excluding tert-OH is 2. The van der Waals surface area contributed by atoms with E-state index in [1.54, 1.807) is 12.5 Å². The highest BCUT2D eigenvalue weighted by molar-refractivity contribution is 5.30. The number of rotatable bonds is 1. The minimum atomic E-state index is -0.940. The molecule has 3 heteroatoms. The minimum absolute atomic E-state index is 0.112.